The van der Waals surface area contributed by atoms with Gasteiger partial charge in [0.25, 0.3) is 0 Å². The first-order chi connectivity index (χ1) is 8.69. The van der Waals surface area contributed by atoms with Crippen molar-refractivity contribution in [1.29, 1.82) is 0 Å². The number of hydrogen-bond acceptors (Lipinski definition) is 4. The molecule has 0 fully saturated rings. The molecule has 0 spiro atoms. The van der Waals surface area contributed by atoms with Crippen molar-refractivity contribution in [3.63, 3.8) is 0 Å². The first-order valence-electron chi connectivity index (χ1n) is 5.18. The molecule has 6 heteroatoms. The van der Waals surface area contributed by atoms with E-state index in [-0.39, 0.29) is 12.4 Å². The van der Waals surface area contributed by atoms with Crippen molar-refractivity contribution in [2.75, 3.05) is 5.43 Å². The highest BCUT2D eigenvalue weighted by molar-refractivity contribution is 5.33. The number of anilines is 1. The van der Waals surface area contributed by atoms with Crippen molar-refractivity contribution in [2.45, 2.75) is 6.61 Å². The molecule has 94 valence electrons. The average molecular weight is 251 g/mol. The predicted octanol–water partition coefficient (Wildman–Crippen LogP) is 2.22. The molecule has 2 aromatic rings. The van der Waals surface area contributed by atoms with Crippen molar-refractivity contribution in [1.82, 2.24) is 4.98 Å². The van der Waals surface area contributed by atoms with E-state index >= 15 is 0 Å². The van der Waals surface area contributed by atoms with Gasteiger partial charge in [-0.25, -0.2) is 19.6 Å². The van der Waals surface area contributed by atoms with Crippen LogP contribution < -0.4 is 16.0 Å². The molecule has 18 heavy (non-hydrogen) atoms. The highest BCUT2D eigenvalue weighted by Gasteiger charge is 2.05. The Bertz CT molecular complexity index is 531. The van der Waals surface area contributed by atoms with Crippen LogP contribution in [0.25, 0.3) is 0 Å². The van der Waals surface area contributed by atoms with Crippen LogP contribution in [-0.4, -0.2) is 4.98 Å². The Morgan fingerprint density at radius 1 is 1.22 bits per heavy atom. The van der Waals surface area contributed by atoms with Crippen LogP contribution in [0.1, 0.15) is 5.56 Å². The van der Waals surface area contributed by atoms with E-state index in [1.807, 2.05) is 0 Å². The number of nitrogen functional groups attached to an aromatic ring is 1. The molecule has 0 amide bonds. The van der Waals surface area contributed by atoms with Crippen LogP contribution in [0.2, 0.25) is 0 Å². The lowest BCUT2D eigenvalue weighted by Crippen LogP contribution is -2.08. The van der Waals surface area contributed by atoms with E-state index in [9.17, 15) is 8.78 Å². The van der Waals surface area contributed by atoms with Gasteiger partial charge in [-0.2, -0.15) is 0 Å². The van der Waals surface area contributed by atoms with Gasteiger partial charge in [0.1, 0.15) is 18.2 Å². The number of ether oxygens (including phenoxy) is 1. The van der Waals surface area contributed by atoms with E-state index < -0.39 is 11.6 Å². The summed E-state index contributed by atoms with van der Waals surface area (Å²) in [7, 11) is 0. The first-order valence-corrected chi connectivity index (χ1v) is 5.18. The van der Waals surface area contributed by atoms with Crippen LogP contribution in [0.3, 0.4) is 0 Å². The van der Waals surface area contributed by atoms with Crippen LogP contribution in [0.5, 0.6) is 5.75 Å². The number of aromatic nitrogens is 1. The Labute approximate surface area is 102 Å². The summed E-state index contributed by atoms with van der Waals surface area (Å²) in [5, 5.41) is 0. The number of rotatable bonds is 4. The monoisotopic (exact) mass is 251 g/mol. The quantitative estimate of drug-likeness (QED) is 0.646. The largest absolute Gasteiger partial charge is 0.486 e. The number of benzene rings is 1. The molecule has 0 unspecified atom stereocenters. The molecular formula is C12H11F2N3O. The number of hydrazine groups is 1. The smallest absolute Gasteiger partial charge is 0.165 e. The van der Waals surface area contributed by atoms with E-state index in [2.05, 4.69) is 10.4 Å². The molecule has 3 N–H and O–H groups in total. The highest BCUT2D eigenvalue weighted by atomic mass is 19.1. The number of nitrogens with zero attached hydrogens (tertiary/aromatic N) is 1. The fourth-order valence-electron chi connectivity index (χ4n) is 1.34. The lowest BCUT2D eigenvalue weighted by molar-refractivity contribution is 0.288. The van der Waals surface area contributed by atoms with Crippen molar-refractivity contribution in [3.8, 4) is 5.75 Å². The van der Waals surface area contributed by atoms with Crippen LogP contribution >= 0.6 is 0 Å². The summed E-state index contributed by atoms with van der Waals surface area (Å²) in [5.41, 5.74) is 3.10. The molecule has 0 aliphatic rings. The maximum absolute atomic E-state index is 13.3. The Balaban J connectivity index is 2.04. The molecule has 2 rings (SSSR count). The minimum absolute atomic E-state index is 0.0955. The molecule has 0 saturated carbocycles. The summed E-state index contributed by atoms with van der Waals surface area (Å²) in [6, 6.07) is 6.43. The Kier molecular flexibility index (Phi) is 3.69. The van der Waals surface area contributed by atoms with Gasteiger partial charge in [-0.05, 0) is 18.2 Å². The minimum Gasteiger partial charge on any atom is -0.486 e. The van der Waals surface area contributed by atoms with Crippen molar-refractivity contribution in [3.05, 3.63) is 53.7 Å². The van der Waals surface area contributed by atoms with Crippen LogP contribution in [0, 0.1) is 11.6 Å². The molecule has 1 aromatic carbocycles. The third-order valence-corrected chi connectivity index (χ3v) is 2.26. The van der Waals surface area contributed by atoms with Crippen molar-refractivity contribution in [2.24, 2.45) is 5.84 Å². The molecular weight excluding hydrogens is 240 g/mol. The van der Waals surface area contributed by atoms with E-state index in [4.69, 9.17) is 10.6 Å². The molecule has 0 atom stereocenters. The van der Waals surface area contributed by atoms with Gasteiger partial charge in [-0.15, -0.1) is 0 Å². The Morgan fingerprint density at radius 2 is 2.06 bits per heavy atom. The second-order valence-corrected chi connectivity index (χ2v) is 3.56. The normalized spacial score (nSPS) is 10.2. The Hall–Kier alpha value is -2.21. The van der Waals surface area contributed by atoms with Crippen molar-refractivity contribution < 1.29 is 13.5 Å². The zero-order valence-corrected chi connectivity index (χ0v) is 9.36. The van der Waals surface area contributed by atoms with Crippen molar-refractivity contribution >= 4 is 5.82 Å². The number of hydrogen-bond donors (Lipinski definition) is 2. The van der Waals surface area contributed by atoms with Gasteiger partial charge in [-0.3, -0.25) is 0 Å². The highest BCUT2D eigenvalue weighted by Crippen LogP contribution is 2.19. The zero-order chi connectivity index (χ0) is 13.0. The molecule has 0 saturated heterocycles. The molecule has 0 aliphatic carbocycles. The minimum atomic E-state index is -0.607. The van der Waals surface area contributed by atoms with Gasteiger partial charge >= 0.3 is 0 Å². The fraction of sp³-hybridized carbons (Fsp3) is 0.0833. The van der Waals surface area contributed by atoms with Gasteiger partial charge in [0.2, 0.25) is 0 Å². The zero-order valence-electron chi connectivity index (χ0n) is 9.36. The molecule has 4 nitrogen and oxygen atoms in total. The topological polar surface area (TPSA) is 60.2 Å². The first kappa shape index (κ1) is 12.3. The van der Waals surface area contributed by atoms with E-state index in [0.717, 1.165) is 23.8 Å². The summed E-state index contributed by atoms with van der Waals surface area (Å²) >= 11 is 0. The maximum atomic E-state index is 13.3. The summed E-state index contributed by atoms with van der Waals surface area (Å²) in [6.07, 6.45) is 1.53. The van der Waals surface area contributed by atoms with Gasteiger partial charge in [0.05, 0.1) is 0 Å². The number of pyridine rings is 1. The maximum Gasteiger partial charge on any atom is 0.165 e. The molecule has 1 aromatic heterocycles. The molecule has 0 bridgehead atoms. The second-order valence-electron chi connectivity index (χ2n) is 3.56. The molecule has 0 radical (unpaired) electrons. The molecule has 1 heterocycles. The van der Waals surface area contributed by atoms with Crippen LogP contribution in [0.15, 0.2) is 36.5 Å². The Morgan fingerprint density at radius 3 is 2.72 bits per heavy atom. The van der Waals surface area contributed by atoms with E-state index in [1.54, 1.807) is 12.1 Å². The van der Waals surface area contributed by atoms with Gasteiger partial charge in [0, 0.05) is 17.8 Å². The SMILES string of the molecule is NNc1ccc(COc2cc(F)ccc2F)cn1. The summed E-state index contributed by atoms with van der Waals surface area (Å²) in [4.78, 5) is 3.97. The summed E-state index contributed by atoms with van der Waals surface area (Å²) < 4.78 is 31.3. The van der Waals surface area contributed by atoms with Gasteiger partial charge in [0.15, 0.2) is 11.6 Å². The average Bonchev–Trinajstić information content (AvgIpc) is 2.40. The summed E-state index contributed by atoms with van der Waals surface area (Å²) in [6.45, 7) is 0.0955. The van der Waals surface area contributed by atoms with Crippen LogP contribution in [-0.2, 0) is 6.61 Å². The number of nitrogens with one attached hydrogen (secondary N) is 1. The lowest BCUT2D eigenvalue weighted by atomic mass is 10.3. The van der Waals surface area contributed by atoms with Crippen LogP contribution in [0.4, 0.5) is 14.6 Å². The van der Waals surface area contributed by atoms with Gasteiger partial charge < -0.3 is 10.2 Å². The lowest BCUT2D eigenvalue weighted by Gasteiger charge is -2.07. The third kappa shape index (κ3) is 2.92. The third-order valence-electron chi connectivity index (χ3n) is 2.26. The number of halogens is 2. The second kappa shape index (κ2) is 5.42. The van der Waals surface area contributed by atoms with E-state index in [1.165, 1.54) is 6.20 Å². The van der Waals surface area contributed by atoms with E-state index in [0.29, 0.717) is 5.82 Å². The summed E-state index contributed by atoms with van der Waals surface area (Å²) in [5.74, 6) is 4.39. The van der Waals surface area contributed by atoms with Gasteiger partial charge in [-0.1, -0.05) is 6.07 Å². The number of nitrogens with two attached hydrogens (primary N) is 1. The predicted molar refractivity (Wildman–Crippen MR) is 62.7 cm³/mol. The standard InChI is InChI=1S/C12H11F2N3O/c13-9-2-3-10(14)11(5-9)18-7-8-1-4-12(17-15)16-6-8/h1-6H,7,15H2,(H,16,17). The molecule has 0 aliphatic heterocycles. The fourth-order valence-corrected chi connectivity index (χ4v) is 1.34.